The number of hydrogen-bond acceptors (Lipinski definition) is 5. The van der Waals surface area contributed by atoms with Crippen molar-refractivity contribution in [2.24, 2.45) is 0 Å². The molecule has 1 unspecified atom stereocenters. The van der Waals surface area contributed by atoms with E-state index in [0.29, 0.717) is 5.88 Å². The van der Waals surface area contributed by atoms with Gasteiger partial charge in [-0.1, -0.05) is 6.92 Å². The second-order valence-corrected chi connectivity index (χ2v) is 6.23. The number of sulfone groups is 1. The maximum Gasteiger partial charge on any atom is 0.213 e. The first-order valence-corrected chi connectivity index (χ1v) is 7.26. The van der Waals surface area contributed by atoms with Gasteiger partial charge in [0.05, 0.1) is 24.7 Å². The number of nitrogens with zero attached hydrogens (tertiary/aromatic N) is 1. The minimum Gasteiger partial charge on any atom is -0.481 e. The lowest BCUT2D eigenvalue weighted by Gasteiger charge is -2.14. The highest BCUT2D eigenvalue weighted by Crippen LogP contribution is 2.12. The number of aromatic nitrogens is 1. The van der Waals surface area contributed by atoms with Crippen LogP contribution in [0.5, 0.6) is 5.88 Å². The molecule has 0 radical (unpaired) electrons. The van der Waals surface area contributed by atoms with Crippen LogP contribution < -0.4 is 10.1 Å². The van der Waals surface area contributed by atoms with Crippen LogP contribution in [0.15, 0.2) is 18.3 Å². The molecule has 17 heavy (non-hydrogen) atoms. The highest BCUT2D eigenvalue weighted by atomic mass is 32.2. The van der Waals surface area contributed by atoms with E-state index in [-0.39, 0.29) is 17.5 Å². The average Bonchev–Trinajstić information content (AvgIpc) is 2.29. The molecular weight excluding hydrogens is 240 g/mol. The summed E-state index contributed by atoms with van der Waals surface area (Å²) in [5.41, 5.74) is 0.782. The molecule has 0 aliphatic carbocycles. The predicted octanol–water partition coefficient (Wildman–Crippen LogP) is 1.33. The Labute approximate surface area is 102 Å². The summed E-state index contributed by atoms with van der Waals surface area (Å²) in [6.45, 7) is 3.48. The summed E-state index contributed by atoms with van der Waals surface area (Å²) in [5, 5.41) is 3.09. The molecule has 1 aromatic heterocycles. The van der Waals surface area contributed by atoms with Crippen LogP contribution in [0.1, 0.15) is 13.8 Å². The van der Waals surface area contributed by atoms with Gasteiger partial charge in [-0.25, -0.2) is 13.4 Å². The van der Waals surface area contributed by atoms with Gasteiger partial charge in [0.15, 0.2) is 9.84 Å². The van der Waals surface area contributed by atoms with Crippen LogP contribution in [0.3, 0.4) is 0 Å². The first kappa shape index (κ1) is 13.8. The first-order valence-electron chi connectivity index (χ1n) is 5.44. The quantitative estimate of drug-likeness (QED) is 0.833. The highest BCUT2D eigenvalue weighted by Gasteiger charge is 2.13. The van der Waals surface area contributed by atoms with Crippen LogP contribution in [0.2, 0.25) is 0 Å². The first-order chi connectivity index (χ1) is 7.96. The van der Waals surface area contributed by atoms with E-state index in [1.165, 1.54) is 0 Å². The molecule has 96 valence electrons. The van der Waals surface area contributed by atoms with Gasteiger partial charge in [0.1, 0.15) is 0 Å². The molecule has 0 bridgehead atoms. The molecule has 0 aliphatic rings. The fraction of sp³-hybridized carbons (Fsp3) is 0.545. The molecular formula is C11H18N2O3S. The number of methoxy groups -OCH3 is 1. The van der Waals surface area contributed by atoms with Gasteiger partial charge in [-0.3, -0.25) is 0 Å². The lowest BCUT2D eigenvalue weighted by atomic mass is 10.3. The Hall–Kier alpha value is -1.30. The minimum atomic E-state index is -2.96. The molecule has 5 nitrogen and oxygen atoms in total. The van der Waals surface area contributed by atoms with Crippen molar-refractivity contribution in [3.8, 4) is 5.88 Å². The Morgan fingerprint density at radius 3 is 2.65 bits per heavy atom. The third kappa shape index (κ3) is 4.60. The highest BCUT2D eigenvalue weighted by molar-refractivity contribution is 7.91. The number of rotatable bonds is 6. The Bertz CT molecular complexity index is 442. The molecule has 1 rings (SSSR count). The van der Waals surface area contributed by atoms with Crippen molar-refractivity contribution in [1.29, 1.82) is 0 Å². The number of ether oxygens (including phenoxy) is 1. The molecule has 6 heteroatoms. The summed E-state index contributed by atoms with van der Waals surface area (Å²) < 4.78 is 27.8. The van der Waals surface area contributed by atoms with Crippen molar-refractivity contribution in [2.75, 3.05) is 23.9 Å². The van der Waals surface area contributed by atoms with E-state index < -0.39 is 9.84 Å². The third-order valence-corrected chi connectivity index (χ3v) is 4.19. The van der Waals surface area contributed by atoms with Crippen LogP contribution >= 0.6 is 0 Å². The number of nitrogens with one attached hydrogen (secondary N) is 1. The largest absolute Gasteiger partial charge is 0.481 e. The van der Waals surface area contributed by atoms with Gasteiger partial charge in [-0.15, -0.1) is 0 Å². The lowest BCUT2D eigenvalue weighted by Crippen LogP contribution is -2.26. The summed E-state index contributed by atoms with van der Waals surface area (Å²) in [6, 6.07) is 3.39. The molecule has 0 fully saturated rings. The molecule has 0 saturated heterocycles. The maximum atomic E-state index is 11.4. The van der Waals surface area contributed by atoms with Gasteiger partial charge in [0, 0.05) is 17.9 Å². The summed E-state index contributed by atoms with van der Waals surface area (Å²) >= 11 is 0. The number of anilines is 1. The number of hydrogen-bond donors (Lipinski definition) is 1. The Morgan fingerprint density at radius 2 is 2.18 bits per heavy atom. The van der Waals surface area contributed by atoms with Crippen LogP contribution in [0.25, 0.3) is 0 Å². The van der Waals surface area contributed by atoms with Crippen LogP contribution in [0.4, 0.5) is 5.69 Å². The van der Waals surface area contributed by atoms with Crippen LogP contribution in [-0.4, -0.2) is 38.1 Å². The molecule has 1 N–H and O–H groups in total. The normalized spacial score (nSPS) is 13.1. The van der Waals surface area contributed by atoms with Crippen molar-refractivity contribution >= 4 is 15.5 Å². The molecule has 0 saturated carbocycles. The maximum absolute atomic E-state index is 11.4. The monoisotopic (exact) mass is 258 g/mol. The smallest absolute Gasteiger partial charge is 0.213 e. The van der Waals surface area contributed by atoms with E-state index in [1.807, 2.05) is 6.92 Å². The van der Waals surface area contributed by atoms with E-state index in [9.17, 15) is 8.42 Å². The van der Waals surface area contributed by atoms with Gasteiger partial charge < -0.3 is 10.1 Å². The zero-order valence-electron chi connectivity index (χ0n) is 10.3. The Balaban J connectivity index is 2.59. The van der Waals surface area contributed by atoms with Gasteiger partial charge in [-0.2, -0.15) is 0 Å². The minimum absolute atomic E-state index is 0.121. The Kier molecular flexibility index (Phi) is 4.74. The van der Waals surface area contributed by atoms with Gasteiger partial charge in [-0.05, 0) is 13.0 Å². The standard InChI is InChI=1S/C11H18N2O3S/c1-4-17(14,15)8-9(2)13-10-5-6-11(16-3)12-7-10/h5-7,9,13H,4,8H2,1-3H3. The zero-order chi connectivity index (χ0) is 12.9. The van der Waals surface area contributed by atoms with Crippen molar-refractivity contribution in [2.45, 2.75) is 19.9 Å². The Morgan fingerprint density at radius 1 is 1.47 bits per heavy atom. The molecule has 0 amide bonds. The molecule has 1 atom stereocenters. The SMILES string of the molecule is CCS(=O)(=O)CC(C)Nc1ccc(OC)nc1. The molecule has 1 aromatic rings. The fourth-order valence-electron chi connectivity index (χ4n) is 1.41. The van der Waals surface area contributed by atoms with E-state index in [2.05, 4.69) is 10.3 Å². The van der Waals surface area contributed by atoms with Crippen molar-refractivity contribution in [3.63, 3.8) is 0 Å². The third-order valence-electron chi connectivity index (χ3n) is 2.30. The molecule has 0 aromatic carbocycles. The average molecular weight is 258 g/mol. The van der Waals surface area contributed by atoms with E-state index in [0.717, 1.165) is 5.69 Å². The molecule has 0 spiro atoms. The fourth-order valence-corrected chi connectivity index (χ4v) is 2.49. The summed E-state index contributed by atoms with van der Waals surface area (Å²) in [5.74, 6) is 0.819. The van der Waals surface area contributed by atoms with Crippen LogP contribution in [0, 0.1) is 0 Å². The predicted molar refractivity (Wildman–Crippen MR) is 68.2 cm³/mol. The zero-order valence-corrected chi connectivity index (χ0v) is 11.1. The van der Waals surface area contributed by atoms with E-state index in [4.69, 9.17) is 4.74 Å². The second-order valence-electron chi connectivity index (χ2n) is 3.83. The van der Waals surface area contributed by atoms with Gasteiger partial charge in [0.25, 0.3) is 0 Å². The molecule has 1 heterocycles. The van der Waals surface area contributed by atoms with Crippen molar-refractivity contribution in [3.05, 3.63) is 18.3 Å². The van der Waals surface area contributed by atoms with Gasteiger partial charge >= 0.3 is 0 Å². The molecule has 0 aliphatic heterocycles. The summed E-state index contributed by atoms with van der Waals surface area (Å²) in [4.78, 5) is 4.03. The van der Waals surface area contributed by atoms with Gasteiger partial charge in [0.2, 0.25) is 5.88 Å². The van der Waals surface area contributed by atoms with Crippen molar-refractivity contribution in [1.82, 2.24) is 4.98 Å². The van der Waals surface area contributed by atoms with E-state index >= 15 is 0 Å². The lowest BCUT2D eigenvalue weighted by molar-refractivity contribution is 0.398. The summed E-state index contributed by atoms with van der Waals surface area (Å²) in [6.07, 6.45) is 1.62. The number of pyridine rings is 1. The van der Waals surface area contributed by atoms with Crippen LogP contribution in [-0.2, 0) is 9.84 Å². The second kappa shape index (κ2) is 5.86. The summed E-state index contributed by atoms with van der Waals surface area (Å²) in [7, 11) is -1.41. The topological polar surface area (TPSA) is 68.3 Å². The van der Waals surface area contributed by atoms with E-state index in [1.54, 1.807) is 32.4 Å². The van der Waals surface area contributed by atoms with Crippen molar-refractivity contribution < 1.29 is 13.2 Å².